The Morgan fingerprint density at radius 3 is 2.53 bits per heavy atom. The van der Waals surface area contributed by atoms with E-state index in [1.807, 2.05) is 0 Å². The Bertz CT molecular complexity index is 535. The maximum absolute atomic E-state index is 12.2. The fourth-order valence-electron chi connectivity index (χ4n) is 1.40. The number of hydrogen-bond donors (Lipinski definition) is 1. The first-order chi connectivity index (χ1) is 8.82. The van der Waals surface area contributed by atoms with Gasteiger partial charge >= 0.3 is 12.3 Å². The first kappa shape index (κ1) is 14.8. The molecule has 0 unspecified atom stereocenters. The standard InChI is InChI=1S/C11H9F3N2O3/c1-18-10(17)6-2-7(4-15)8(5-16)9(3-6)19-11(12,13)14/h2-3H,4,15H2,1H3. The summed E-state index contributed by atoms with van der Waals surface area (Å²) in [5, 5.41) is 8.84. The Labute approximate surface area is 106 Å². The van der Waals surface area contributed by atoms with Crippen LogP contribution in [0.3, 0.4) is 0 Å². The van der Waals surface area contributed by atoms with Crippen molar-refractivity contribution in [3.8, 4) is 11.8 Å². The molecule has 19 heavy (non-hydrogen) atoms. The quantitative estimate of drug-likeness (QED) is 0.848. The second kappa shape index (κ2) is 5.58. The van der Waals surface area contributed by atoms with Crippen molar-refractivity contribution in [2.75, 3.05) is 7.11 Å². The van der Waals surface area contributed by atoms with Crippen molar-refractivity contribution in [2.24, 2.45) is 5.73 Å². The van der Waals surface area contributed by atoms with Gasteiger partial charge in [0, 0.05) is 6.54 Å². The summed E-state index contributed by atoms with van der Waals surface area (Å²) in [5.74, 6) is -1.63. The smallest absolute Gasteiger partial charge is 0.465 e. The van der Waals surface area contributed by atoms with Gasteiger partial charge < -0.3 is 15.2 Å². The minimum atomic E-state index is -4.98. The zero-order valence-corrected chi connectivity index (χ0v) is 9.75. The monoisotopic (exact) mass is 274 g/mol. The summed E-state index contributed by atoms with van der Waals surface area (Å²) in [6.07, 6.45) is -4.98. The molecule has 0 aromatic heterocycles. The van der Waals surface area contributed by atoms with Crippen LogP contribution in [0, 0.1) is 11.3 Å². The number of nitrogens with two attached hydrogens (primary N) is 1. The number of nitrogens with zero attached hydrogens (tertiary/aromatic N) is 1. The van der Waals surface area contributed by atoms with Crippen LogP contribution in [0.1, 0.15) is 21.5 Å². The van der Waals surface area contributed by atoms with E-state index in [2.05, 4.69) is 9.47 Å². The van der Waals surface area contributed by atoms with E-state index in [-0.39, 0.29) is 23.2 Å². The molecule has 0 amide bonds. The number of methoxy groups -OCH3 is 1. The summed E-state index contributed by atoms with van der Waals surface area (Å²) >= 11 is 0. The van der Waals surface area contributed by atoms with Crippen molar-refractivity contribution < 1.29 is 27.4 Å². The van der Waals surface area contributed by atoms with Gasteiger partial charge in [0.1, 0.15) is 11.8 Å². The molecule has 1 rings (SSSR count). The van der Waals surface area contributed by atoms with Gasteiger partial charge in [-0.15, -0.1) is 13.2 Å². The zero-order valence-electron chi connectivity index (χ0n) is 9.75. The minimum Gasteiger partial charge on any atom is -0.465 e. The molecule has 0 saturated carbocycles. The molecule has 0 atom stereocenters. The molecule has 2 N–H and O–H groups in total. The molecule has 0 heterocycles. The van der Waals surface area contributed by atoms with E-state index >= 15 is 0 Å². The van der Waals surface area contributed by atoms with E-state index in [4.69, 9.17) is 11.0 Å². The third kappa shape index (κ3) is 3.59. The van der Waals surface area contributed by atoms with Crippen LogP contribution in [-0.4, -0.2) is 19.4 Å². The highest BCUT2D eigenvalue weighted by Crippen LogP contribution is 2.30. The molecular formula is C11H9F3N2O3. The lowest BCUT2D eigenvalue weighted by Gasteiger charge is -2.13. The lowest BCUT2D eigenvalue weighted by molar-refractivity contribution is -0.274. The molecule has 102 valence electrons. The van der Waals surface area contributed by atoms with Gasteiger partial charge in [0.15, 0.2) is 0 Å². The molecule has 0 aliphatic carbocycles. The molecule has 0 bridgehead atoms. The number of carbonyl (C=O) groups is 1. The number of halogens is 3. The van der Waals surface area contributed by atoms with Gasteiger partial charge in [-0.05, 0) is 17.7 Å². The van der Waals surface area contributed by atoms with Crippen LogP contribution in [0.2, 0.25) is 0 Å². The molecule has 0 aliphatic rings. The van der Waals surface area contributed by atoms with Crippen molar-refractivity contribution in [1.82, 2.24) is 0 Å². The molecule has 0 aliphatic heterocycles. The summed E-state index contributed by atoms with van der Waals surface area (Å²) in [4.78, 5) is 11.3. The van der Waals surface area contributed by atoms with Gasteiger partial charge in [0.05, 0.1) is 18.2 Å². The van der Waals surface area contributed by atoms with Crippen molar-refractivity contribution in [2.45, 2.75) is 12.9 Å². The van der Waals surface area contributed by atoms with Crippen LogP contribution in [0.5, 0.6) is 5.75 Å². The molecule has 1 aromatic carbocycles. The van der Waals surface area contributed by atoms with Crippen LogP contribution >= 0.6 is 0 Å². The van der Waals surface area contributed by atoms with Crippen LogP contribution in [0.25, 0.3) is 0 Å². The molecular weight excluding hydrogens is 265 g/mol. The number of rotatable bonds is 3. The number of carbonyl (C=O) groups excluding carboxylic acids is 1. The number of alkyl halides is 3. The van der Waals surface area contributed by atoms with Crippen molar-refractivity contribution in [1.29, 1.82) is 5.26 Å². The molecule has 8 heteroatoms. The molecule has 0 spiro atoms. The first-order valence-corrected chi connectivity index (χ1v) is 4.93. The average molecular weight is 274 g/mol. The van der Waals surface area contributed by atoms with E-state index in [0.717, 1.165) is 13.2 Å². The highest BCUT2D eigenvalue weighted by molar-refractivity contribution is 5.90. The molecule has 0 saturated heterocycles. The lowest BCUT2D eigenvalue weighted by Crippen LogP contribution is -2.19. The van der Waals surface area contributed by atoms with Gasteiger partial charge in [-0.1, -0.05) is 0 Å². The topological polar surface area (TPSA) is 85.3 Å². The summed E-state index contributed by atoms with van der Waals surface area (Å²) < 4.78 is 44.8. The van der Waals surface area contributed by atoms with E-state index in [9.17, 15) is 18.0 Å². The normalized spacial score (nSPS) is 10.7. The number of nitriles is 1. The Morgan fingerprint density at radius 2 is 2.11 bits per heavy atom. The maximum atomic E-state index is 12.2. The Kier molecular flexibility index (Phi) is 4.34. The van der Waals surface area contributed by atoms with E-state index in [1.54, 1.807) is 6.07 Å². The Hall–Kier alpha value is -2.27. The van der Waals surface area contributed by atoms with Crippen molar-refractivity contribution in [3.63, 3.8) is 0 Å². The highest BCUT2D eigenvalue weighted by Gasteiger charge is 2.33. The zero-order chi connectivity index (χ0) is 14.6. The van der Waals surface area contributed by atoms with Crippen molar-refractivity contribution in [3.05, 3.63) is 28.8 Å². The summed E-state index contributed by atoms with van der Waals surface area (Å²) in [5.41, 5.74) is 4.84. The van der Waals surface area contributed by atoms with Gasteiger partial charge in [0.25, 0.3) is 0 Å². The number of hydrogen-bond acceptors (Lipinski definition) is 5. The second-order valence-corrected chi connectivity index (χ2v) is 3.36. The van der Waals surface area contributed by atoms with Gasteiger partial charge in [-0.25, -0.2) is 4.79 Å². The fourth-order valence-corrected chi connectivity index (χ4v) is 1.40. The molecule has 1 aromatic rings. The van der Waals surface area contributed by atoms with Crippen molar-refractivity contribution >= 4 is 5.97 Å². The first-order valence-electron chi connectivity index (χ1n) is 4.93. The predicted molar refractivity (Wildman–Crippen MR) is 57.1 cm³/mol. The van der Waals surface area contributed by atoms with Crippen LogP contribution in [-0.2, 0) is 11.3 Å². The van der Waals surface area contributed by atoms with E-state index in [1.165, 1.54) is 6.07 Å². The number of benzene rings is 1. The molecule has 0 fully saturated rings. The SMILES string of the molecule is COC(=O)c1cc(CN)c(C#N)c(OC(F)(F)F)c1. The van der Waals surface area contributed by atoms with Crippen LogP contribution in [0.4, 0.5) is 13.2 Å². The molecule has 5 nitrogen and oxygen atoms in total. The number of esters is 1. The Balaban J connectivity index is 3.41. The number of ether oxygens (including phenoxy) is 2. The van der Waals surface area contributed by atoms with Crippen LogP contribution < -0.4 is 10.5 Å². The maximum Gasteiger partial charge on any atom is 0.573 e. The summed E-state index contributed by atoms with van der Waals surface area (Å²) in [7, 11) is 1.08. The van der Waals surface area contributed by atoms with Crippen LogP contribution in [0.15, 0.2) is 12.1 Å². The third-order valence-electron chi connectivity index (χ3n) is 2.16. The predicted octanol–water partition coefficient (Wildman–Crippen LogP) is 1.70. The average Bonchev–Trinajstić information content (AvgIpc) is 2.34. The van der Waals surface area contributed by atoms with Gasteiger partial charge in [0.2, 0.25) is 0 Å². The highest BCUT2D eigenvalue weighted by atomic mass is 19.4. The van der Waals surface area contributed by atoms with Gasteiger partial charge in [-0.2, -0.15) is 5.26 Å². The largest absolute Gasteiger partial charge is 0.573 e. The third-order valence-corrected chi connectivity index (χ3v) is 2.16. The summed E-state index contributed by atoms with van der Waals surface area (Å²) in [6, 6.07) is 3.54. The summed E-state index contributed by atoms with van der Waals surface area (Å²) in [6.45, 7) is -0.220. The Morgan fingerprint density at radius 1 is 1.47 bits per heavy atom. The van der Waals surface area contributed by atoms with E-state index in [0.29, 0.717) is 0 Å². The minimum absolute atomic E-state index is 0.0599. The molecule has 0 radical (unpaired) electrons. The van der Waals surface area contributed by atoms with Gasteiger partial charge in [-0.3, -0.25) is 0 Å². The second-order valence-electron chi connectivity index (χ2n) is 3.36. The fraction of sp³-hybridized carbons (Fsp3) is 0.273. The lowest BCUT2D eigenvalue weighted by atomic mass is 10.0. The van der Waals surface area contributed by atoms with E-state index < -0.39 is 18.1 Å².